The first kappa shape index (κ1) is 14.4. The molecule has 1 aromatic rings. The number of nitrogens with zero attached hydrogens (tertiary/aromatic N) is 3. The van der Waals surface area contributed by atoms with Gasteiger partial charge in [0.2, 0.25) is 11.8 Å². The number of carbonyl (C=O) groups is 1. The first-order valence-electron chi connectivity index (χ1n) is 6.91. The van der Waals surface area contributed by atoms with Crippen LogP contribution in [0.5, 0.6) is 0 Å². The Morgan fingerprint density at radius 1 is 1.26 bits per heavy atom. The Labute approximate surface area is 118 Å². The van der Waals surface area contributed by atoms with Crippen LogP contribution in [0, 0.1) is 0 Å². The highest BCUT2D eigenvalue weighted by Crippen LogP contribution is 2.21. The van der Waals surface area contributed by atoms with Crippen molar-refractivity contribution in [3.8, 4) is 0 Å². The summed E-state index contributed by atoms with van der Waals surface area (Å²) < 4.78 is 5.48. The van der Waals surface area contributed by atoms with Crippen molar-refractivity contribution < 1.29 is 9.21 Å². The highest BCUT2D eigenvalue weighted by molar-refractivity contribution is 7.99. The lowest BCUT2D eigenvalue weighted by Gasteiger charge is -2.19. The minimum Gasteiger partial charge on any atom is -0.416 e. The fourth-order valence-corrected chi connectivity index (χ4v) is 2.72. The van der Waals surface area contributed by atoms with Gasteiger partial charge in [0.25, 0.3) is 5.22 Å². The van der Waals surface area contributed by atoms with Gasteiger partial charge in [-0.15, -0.1) is 10.2 Å². The maximum absolute atomic E-state index is 12.1. The highest BCUT2D eigenvalue weighted by atomic mass is 32.2. The van der Waals surface area contributed by atoms with Crippen molar-refractivity contribution in [1.82, 2.24) is 15.1 Å². The molecule has 0 atom stereocenters. The second-order valence-corrected chi connectivity index (χ2v) is 6.07. The number of likely N-dealkylation sites (tertiary alicyclic amines) is 1. The number of hydrogen-bond acceptors (Lipinski definition) is 5. The van der Waals surface area contributed by atoms with Crippen LogP contribution in [0.4, 0.5) is 0 Å². The molecule has 1 aliphatic rings. The second-order valence-electron chi connectivity index (χ2n) is 5.14. The fourth-order valence-electron chi connectivity index (χ4n) is 2.05. The number of rotatable bonds is 4. The maximum atomic E-state index is 12.1. The van der Waals surface area contributed by atoms with Crippen LogP contribution in [-0.4, -0.2) is 39.8 Å². The SMILES string of the molecule is CC(C)c1nnc(SCC(=O)N2CCCCCC2)o1. The van der Waals surface area contributed by atoms with E-state index in [1.165, 1.54) is 24.6 Å². The molecule has 6 heteroatoms. The molecular formula is C13H21N3O2S. The molecule has 0 unspecified atom stereocenters. The lowest BCUT2D eigenvalue weighted by Crippen LogP contribution is -2.33. The van der Waals surface area contributed by atoms with Gasteiger partial charge in [0.15, 0.2) is 0 Å². The molecule has 1 amide bonds. The third kappa shape index (κ3) is 4.23. The van der Waals surface area contributed by atoms with Gasteiger partial charge in [-0.1, -0.05) is 38.5 Å². The van der Waals surface area contributed by atoms with E-state index < -0.39 is 0 Å². The summed E-state index contributed by atoms with van der Waals surface area (Å²) >= 11 is 1.34. The van der Waals surface area contributed by atoms with Crippen LogP contribution in [0.25, 0.3) is 0 Å². The minimum absolute atomic E-state index is 0.177. The first-order chi connectivity index (χ1) is 9.16. The van der Waals surface area contributed by atoms with Gasteiger partial charge in [0.05, 0.1) is 5.75 Å². The number of amides is 1. The molecule has 1 aliphatic heterocycles. The molecule has 0 spiro atoms. The molecular weight excluding hydrogens is 262 g/mol. The standard InChI is InChI=1S/C13H21N3O2S/c1-10(2)12-14-15-13(18-12)19-9-11(17)16-7-5-3-4-6-8-16/h10H,3-9H2,1-2H3. The van der Waals surface area contributed by atoms with E-state index in [0.29, 0.717) is 16.9 Å². The van der Waals surface area contributed by atoms with Crippen LogP contribution in [0.1, 0.15) is 51.3 Å². The molecule has 106 valence electrons. The zero-order valence-electron chi connectivity index (χ0n) is 11.6. The quantitative estimate of drug-likeness (QED) is 0.795. The van der Waals surface area contributed by atoms with Crippen molar-refractivity contribution in [3.63, 3.8) is 0 Å². The van der Waals surface area contributed by atoms with E-state index in [4.69, 9.17) is 4.42 Å². The van der Waals surface area contributed by atoms with Gasteiger partial charge in [0, 0.05) is 19.0 Å². The summed E-state index contributed by atoms with van der Waals surface area (Å²) in [5.41, 5.74) is 0. The summed E-state index contributed by atoms with van der Waals surface area (Å²) in [6.45, 7) is 5.79. The minimum atomic E-state index is 0.177. The Kier molecular flexibility index (Phi) is 5.24. The van der Waals surface area contributed by atoms with E-state index in [2.05, 4.69) is 10.2 Å². The molecule has 0 aromatic carbocycles. The smallest absolute Gasteiger partial charge is 0.277 e. The molecule has 19 heavy (non-hydrogen) atoms. The molecule has 0 bridgehead atoms. The maximum Gasteiger partial charge on any atom is 0.277 e. The summed E-state index contributed by atoms with van der Waals surface area (Å²) in [5.74, 6) is 1.42. The summed E-state index contributed by atoms with van der Waals surface area (Å²) in [4.78, 5) is 14.0. The van der Waals surface area contributed by atoms with Crippen molar-refractivity contribution in [1.29, 1.82) is 0 Å². The van der Waals surface area contributed by atoms with Crippen molar-refractivity contribution in [2.45, 2.75) is 50.7 Å². The average molecular weight is 283 g/mol. The lowest BCUT2D eigenvalue weighted by atomic mass is 10.2. The normalized spacial score (nSPS) is 16.7. The lowest BCUT2D eigenvalue weighted by molar-refractivity contribution is -0.128. The predicted octanol–water partition coefficient (Wildman–Crippen LogP) is 2.69. The van der Waals surface area contributed by atoms with E-state index in [-0.39, 0.29) is 11.8 Å². The summed E-state index contributed by atoms with van der Waals surface area (Å²) in [5, 5.41) is 8.40. The molecule has 1 aromatic heterocycles. The van der Waals surface area contributed by atoms with Crippen molar-refractivity contribution in [2.24, 2.45) is 0 Å². The van der Waals surface area contributed by atoms with Gasteiger partial charge in [-0.25, -0.2) is 0 Å². The third-order valence-corrected chi connectivity index (χ3v) is 4.00. The van der Waals surface area contributed by atoms with E-state index >= 15 is 0 Å². The summed E-state index contributed by atoms with van der Waals surface area (Å²) in [6, 6.07) is 0. The van der Waals surface area contributed by atoms with Crippen molar-refractivity contribution in [2.75, 3.05) is 18.8 Å². The van der Waals surface area contributed by atoms with Crippen LogP contribution in [0.3, 0.4) is 0 Å². The molecule has 5 nitrogen and oxygen atoms in total. The Balaban J connectivity index is 1.81. The van der Waals surface area contributed by atoms with Crippen molar-refractivity contribution >= 4 is 17.7 Å². The van der Waals surface area contributed by atoms with Crippen molar-refractivity contribution in [3.05, 3.63) is 5.89 Å². The Bertz CT molecular complexity index is 412. The third-order valence-electron chi connectivity index (χ3n) is 3.19. The van der Waals surface area contributed by atoms with Crippen LogP contribution in [0.15, 0.2) is 9.64 Å². The molecule has 2 rings (SSSR count). The summed E-state index contributed by atoms with van der Waals surface area (Å²) in [7, 11) is 0. The van der Waals surface area contributed by atoms with Crippen LogP contribution < -0.4 is 0 Å². The van der Waals surface area contributed by atoms with Gasteiger partial charge in [-0.05, 0) is 12.8 Å². The first-order valence-corrected chi connectivity index (χ1v) is 7.89. The van der Waals surface area contributed by atoms with E-state index in [1.54, 1.807) is 0 Å². The largest absolute Gasteiger partial charge is 0.416 e. The summed E-state index contributed by atoms with van der Waals surface area (Å²) in [6.07, 6.45) is 4.71. The molecule has 2 heterocycles. The molecule has 0 N–H and O–H groups in total. The van der Waals surface area contributed by atoms with Crippen LogP contribution in [-0.2, 0) is 4.79 Å². The van der Waals surface area contributed by atoms with E-state index in [0.717, 1.165) is 25.9 Å². The molecule has 0 saturated carbocycles. The monoisotopic (exact) mass is 283 g/mol. The topological polar surface area (TPSA) is 59.2 Å². The molecule has 1 fully saturated rings. The number of aromatic nitrogens is 2. The number of hydrogen-bond donors (Lipinski definition) is 0. The zero-order valence-corrected chi connectivity index (χ0v) is 12.4. The van der Waals surface area contributed by atoms with Crippen LogP contribution in [0.2, 0.25) is 0 Å². The van der Waals surface area contributed by atoms with E-state index in [9.17, 15) is 4.79 Å². The Morgan fingerprint density at radius 3 is 2.53 bits per heavy atom. The predicted molar refractivity (Wildman–Crippen MR) is 74.2 cm³/mol. The highest BCUT2D eigenvalue weighted by Gasteiger charge is 2.17. The number of thioether (sulfide) groups is 1. The van der Waals surface area contributed by atoms with Gasteiger partial charge in [0.1, 0.15) is 0 Å². The van der Waals surface area contributed by atoms with Gasteiger partial charge < -0.3 is 9.32 Å². The zero-order chi connectivity index (χ0) is 13.7. The second kappa shape index (κ2) is 6.93. The average Bonchev–Trinajstić information content (AvgIpc) is 2.70. The van der Waals surface area contributed by atoms with Crippen LogP contribution >= 0.6 is 11.8 Å². The van der Waals surface area contributed by atoms with E-state index in [1.807, 2.05) is 18.7 Å². The molecule has 0 aliphatic carbocycles. The molecule has 0 radical (unpaired) electrons. The molecule has 1 saturated heterocycles. The van der Waals surface area contributed by atoms with Gasteiger partial charge in [-0.3, -0.25) is 4.79 Å². The van der Waals surface area contributed by atoms with Gasteiger partial charge >= 0.3 is 0 Å². The fraction of sp³-hybridized carbons (Fsp3) is 0.769. The Morgan fingerprint density at radius 2 is 1.95 bits per heavy atom. The van der Waals surface area contributed by atoms with Gasteiger partial charge in [-0.2, -0.15) is 0 Å². The Hall–Kier alpha value is -1.04. The number of carbonyl (C=O) groups excluding carboxylic acids is 1.